The third kappa shape index (κ3) is 5.42. The predicted molar refractivity (Wildman–Crippen MR) is 101 cm³/mol. The molecule has 0 radical (unpaired) electrons. The lowest BCUT2D eigenvalue weighted by Crippen LogP contribution is -2.12. The molecule has 8 heteroatoms. The van der Waals surface area contributed by atoms with Crippen molar-refractivity contribution in [2.75, 3.05) is 5.32 Å². The first kappa shape index (κ1) is 19.1. The number of nitrogens with one attached hydrogen (secondary N) is 1. The number of halogens is 3. The van der Waals surface area contributed by atoms with Crippen LogP contribution in [0.25, 0.3) is 0 Å². The van der Waals surface area contributed by atoms with Crippen molar-refractivity contribution in [3.63, 3.8) is 0 Å². The second-order valence-electron chi connectivity index (χ2n) is 5.39. The van der Waals surface area contributed by atoms with E-state index in [1.54, 1.807) is 47.8 Å². The van der Waals surface area contributed by atoms with Gasteiger partial charge in [-0.15, -0.1) is 11.3 Å². The summed E-state index contributed by atoms with van der Waals surface area (Å²) in [5.41, 5.74) is 0.982. The highest BCUT2D eigenvalue weighted by Gasteiger charge is 2.14. The van der Waals surface area contributed by atoms with Crippen LogP contribution >= 0.6 is 22.9 Å². The second-order valence-corrected chi connectivity index (χ2v) is 6.74. The van der Waals surface area contributed by atoms with E-state index in [0.29, 0.717) is 15.6 Å². The monoisotopic (exact) mass is 409 g/mol. The largest absolute Gasteiger partial charge is 0.489 e. The molecule has 1 N–H and O–H groups in total. The molecular formula is C19H14ClF2NO3S. The van der Waals surface area contributed by atoms with Crippen molar-refractivity contribution >= 4 is 34.5 Å². The van der Waals surface area contributed by atoms with Crippen LogP contribution in [-0.2, 0) is 6.61 Å². The van der Waals surface area contributed by atoms with Gasteiger partial charge in [0.15, 0.2) is 0 Å². The topological polar surface area (TPSA) is 47.6 Å². The van der Waals surface area contributed by atoms with Gasteiger partial charge in [0.05, 0.1) is 10.6 Å². The summed E-state index contributed by atoms with van der Waals surface area (Å²) in [4.78, 5) is 12.8. The van der Waals surface area contributed by atoms with Gasteiger partial charge in [-0.1, -0.05) is 29.8 Å². The molecule has 1 amide bonds. The number of thiophene rings is 1. The number of alkyl halides is 2. The first-order chi connectivity index (χ1) is 13.0. The molecule has 0 spiro atoms. The summed E-state index contributed by atoms with van der Waals surface area (Å²) in [6, 6.07) is 14.7. The van der Waals surface area contributed by atoms with E-state index < -0.39 is 12.5 Å². The van der Waals surface area contributed by atoms with E-state index in [4.69, 9.17) is 16.3 Å². The molecule has 0 aliphatic heterocycles. The third-order valence-electron chi connectivity index (χ3n) is 3.43. The van der Waals surface area contributed by atoms with Crippen LogP contribution in [0.1, 0.15) is 15.2 Å². The van der Waals surface area contributed by atoms with Gasteiger partial charge in [0.2, 0.25) is 0 Å². The number of hydrogen-bond donors (Lipinski definition) is 1. The first-order valence-corrected chi connectivity index (χ1v) is 9.08. The molecule has 0 aliphatic carbocycles. The molecule has 140 valence electrons. The Morgan fingerprint density at radius 3 is 2.74 bits per heavy atom. The number of rotatable bonds is 7. The Morgan fingerprint density at radius 1 is 1.15 bits per heavy atom. The number of ether oxygens (including phenoxy) is 2. The normalized spacial score (nSPS) is 10.7. The summed E-state index contributed by atoms with van der Waals surface area (Å²) in [7, 11) is 0. The highest BCUT2D eigenvalue weighted by molar-refractivity contribution is 7.12. The minimum atomic E-state index is -2.97. The van der Waals surface area contributed by atoms with Gasteiger partial charge >= 0.3 is 6.61 Å². The quantitative estimate of drug-likeness (QED) is 0.533. The maximum atomic E-state index is 12.5. The summed E-state index contributed by atoms with van der Waals surface area (Å²) in [5.74, 6) is 0.110. The lowest BCUT2D eigenvalue weighted by molar-refractivity contribution is -0.0493. The minimum Gasteiger partial charge on any atom is -0.489 e. The number of amides is 1. The van der Waals surface area contributed by atoms with E-state index in [2.05, 4.69) is 10.1 Å². The van der Waals surface area contributed by atoms with Gasteiger partial charge in [-0.25, -0.2) is 0 Å². The standard InChI is InChI=1S/C19H14ClF2NO3S/c20-13-4-3-5-14(9-13)25-10-12-8-17(27-11-12)18(24)23-15-6-1-2-7-16(15)26-19(21)22/h1-9,11,19H,10H2,(H,23,24). The molecule has 3 aromatic rings. The van der Waals surface area contributed by atoms with Crippen molar-refractivity contribution in [3.05, 3.63) is 75.4 Å². The molecule has 2 aromatic carbocycles. The van der Waals surface area contributed by atoms with Gasteiger partial charge in [0.1, 0.15) is 18.1 Å². The van der Waals surface area contributed by atoms with E-state index >= 15 is 0 Å². The van der Waals surface area contributed by atoms with Gasteiger partial charge in [-0.2, -0.15) is 8.78 Å². The Bertz CT molecular complexity index is 933. The highest BCUT2D eigenvalue weighted by Crippen LogP contribution is 2.27. The van der Waals surface area contributed by atoms with Crippen LogP contribution < -0.4 is 14.8 Å². The summed E-state index contributed by atoms with van der Waals surface area (Å²) >= 11 is 7.13. The van der Waals surface area contributed by atoms with Crippen LogP contribution in [-0.4, -0.2) is 12.5 Å². The van der Waals surface area contributed by atoms with E-state index in [-0.39, 0.29) is 18.0 Å². The van der Waals surface area contributed by atoms with Crippen molar-refractivity contribution in [1.82, 2.24) is 0 Å². The Morgan fingerprint density at radius 2 is 1.96 bits per heavy atom. The molecule has 0 fully saturated rings. The first-order valence-electron chi connectivity index (χ1n) is 7.82. The molecule has 4 nitrogen and oxygen atoms in total. The van der Waals surface area contributed by atoms with Crippen LogP contribution in [0, 0.1) is 0 Å². The summed E-state index contributed by atoms with van der Waals surface area (Å²) in [6.45, 7) is -2.70. The lowest BCUT2D eigenvalue weighted by Gasteiger charge is -2.10. The number of benzene rings is 2. The Kier molecular flexibility index (Phi) is 6.26. The molecule has 1 aromatic heterocycles. The number of carbonyl (C=O) groups excluding carboxylic acids is 1. The number of para-hydroxylation sites is 2. The van der Waals surface area contributed by atoms with Crippen molar-refractivity contribution in [2.45, 2.75) is 13.2 Å². The van der Waals surface area contributed by atoms with Gasteiger partial charge in [0.25, 0.3) is 5.91 Å². The van der Waals surface area contributed by atoms with E-state index in [9.17, 15) is 13.6 Å². The zero-order valence-electron chi connectivity index (χ0n) is 13.8. The summed E-state index contributed by atoms with van der Waals surface area (Å²) < 4.78 is 35.0. The molecule has 0 aliphatic rings. The van der Waals surface area contributed by atoms with Crippen molar-refractivity contribution in [1.29, 1.82) is 0 Å². The van der Waals surface area contributed by atoms with Crippen molar-refractivity contribution in [3.8, 4) is 11.5 Å². The zero-order valence-corrected chi connectivity index (χ0v) is 15.4. The average molecular weight is 410 g/mol. The molecule has 0 bridgehead atoms. The van der Waals surface area contributed by atoms with E-state index in [1.807, 2.05) is 0 Å². The highest BCUT2D eigenvalue weighted by atomic mass is 35.5. The fourth-order valence-electron chi connectivity index (χ4n) is 2.25. The van der Waals surface area contributed by atoms with Crippen LogP contribution in [0.4, 0.5) is 14.5 Å². The van der Waals surface area contributed by atoms with E-state index in [0.717, 1.165) is 5.56 Å². The maximum absolute atomic E-state index is 12.5. The summed E-state index contributed by atoms with van der Waals surface area (Å²) in [5, 5.41) is 4.95. The van der Waals surface area contributed by atoms with Gasteiger partial charge in [-0.05, 0) is 41.8 Å². The zero-order chi connectivity index (χ0) is 19.2. The fourth-order valence-corrected chi connectivity index (χ4v) is 3.22. The average Bonchev–Trinajstić information content (AvgIpc) is 3.10. The molecule has 0 saturated heterocycles. The van der Waals surface area contributed by atoms with Crippen LogP contribution in [0.2, 0.25) is 5.02 Å². The molecule has 3 rings (SSSR count). The molecular weight excluding hydrogens is 396 g/mol. The van der Waals surface area contributed by atoms with Gasteiger partial charge in [-0.3, -0.25) is 4.79 Å². The van der Waals surface area contributed by atoms with Crippen LogP contribution in [0.15, 0.2) is 60.0 Å². The van der Waals surface area contributed by atoms with Gasteiger partial charge in [0, 0.05) is 10.6 Å². The minimum absolute atomic E-state index is 0.0954. The molecule has 1 heterocycles. The molecule has 0 unspecified atom stereocenters. The Hall–Kier alpha value is -2.64. The Balaban J connectivity index is 1.63. The Labute approximate surface area is 163 Å². The fraction of sp³-hybridized carbons (Fsp3) is 0.105. The lowest BCUT2D eigenvalue weighted by atomic mass is 10.2. The number of hydrogen-bond acceptors (Lipinski definition) is 4. The molecule has 0 atom stereocenters. The predicted octanol–water partition coefficient (Wildman–Crippen LogP) is 5.83. The van der Waals surface area contributed by atoms with Crippen LogP contribution in [0.3, 0.4) is 0 Å². The molecule has 0 saturated carbocycles. The smallest absolute Gasteiger partial charge is 0.387 e. The summed E-state index contributed by atoms with van der Waals surface area (Å²) in [6.07, 6.45) is 0. The number of carbonyl (C=O) groups is 1. The second kappa shape index (κ2) is 8.83. The van der Waals surface area contributed by atoms with Crippen LogP contribution in [0.5, 0.6) is 11.5 Å². The maximum Gasteiger partial charge on any atom is 0.387 e. The van der Waals surface area contributed by atoms with Gasteiger partial charge < -0.3 is 14.8 Å². The van der Waals surface area contributed by atoms with Crippen molar-refractivity contribution < 1.29 is 23.0 Å². The van der Waals surface area contributed by atoms with Crippen molar-refractivity contribution in [2.24, 2.45) is 0 Å². The molecule has 27 heavy (non-hydrogen) atoms. The third-order valence-corrected chi connectivity index (χ3v) is 4.64. The number of anilines is 1. The SMILES string of the molecule is O=C(Nc1ccccc1OC(F)F)c1cc(COc2cccc(Cl)c2)cs1. The van der Waals surface area contributed by atoms with E-state index in [1.165, 1.54) is 23.5 Å².